The second-order valence-electron chi connectivity index (χ2n) is 17.0. The zero-order valence-corrected chi connectivity index (χ0v) is 32.7. The molecule has 0 bridgehead atoms. The quantitative estimate of drug-likeness (QED) is 0.197. The van der Waals surface area contributed by atoms with Gasteiger partial charge < -0.3 is 19.4 Å². The van der Waals surface area contributed by atoms with Crippen LogP contribution in [0.1, 0.15) is 71.3 Å². The standard InChI is InChI=1S/C43H46F4N8O4/c1-23-14-29-27(2-4-34-30(29)17-48-50-34)41(54(23)21-37(46)47)39-32(44)15-25(16-33(39)45)52-10-8-24(9-11-52)18-51-12-13-53-26(19-51)22-59-36-6-3-28-31(40(36)53)20-55(43(28)58)35-5-7-38(56)49-42(35)57/h2-4,6,15-17,23-24,26,35,37,41H,5,7-14,18-22H2,1H3,(H,48,50)(H,49,56,57)/t23-,26+,35?,41+/m1/s1. The van der Waals surface area contributed by atoms with Crippen LogP contribution in [0, 0.1) is 17.6 Å². The molecule has 6 aliphatic heterocycles. The van der Waals surface area contributed by atoms with E-state index in [1.165, 1.54) is 17.0 Å². The number of carbonyl (C=O) groups is 3. The second kappa shape index (κ2) is 14.8. The summed E-state index contributed by atoms with van der Waals surface area (Å²) in [6, 6.07) is 7.91. The van der Waals surface area contributed by atoms with Crippen molar-refractivity contribution in [3.63, 3.8) is 0 Å². The Morgan fingerprint density at radius 3 is 2.51 bits per heavy atom. The molecule has 2 N–H and O–H groups in total. The Morgan fingerprint density at radius 2 is 1.75 bits per heavy atom. The maximum absolute atomic E-state index is 16.3. The highest BCUT2D eigenvalue weighted by atomic mass is 19.3. The van der Waals surface area contributed by atoms with Crippen molar-refractivity contribution < 1.29 is 36.7 Å². The van der Waals surface area contributed by atoms with Crippen LogP contribution in [0.5, 0.6) is 5.75 Å². The van der Waals surface area contributed by atoms with Gasteiger partial charge in [0, 0.05) is 86.0 Å². The molecule has 3 aromatic carbocycles. The minimum atomic E-state index is -2.67. The SMILES string of the molecule is C[C@@H]1Cc2c(ccc3[nH]ncc23)[C@@H](c2c(F)cc(N3CCC(CN4CCN5c6c(ccc7c6CN(C6CCC(=O)NC6=O)C7=O)OC[C@@H]5C4)CC3)cc2F)N1CC(F)F. The molecule has 3 saturated heterocycles. The van der Waals surface area contributed by atoms with E-state index in [1.54, 1.807) is 29.3 Å². The number of ether oxygens (including phenoxy) is 1. The minimum absolute atomic E-state index is 0.0773. The van der Waals surface area contributed by atoms with Crippen LogP contribution in [-0.2, 0) is 22.6 Å². The van der Waals surface area contributed by atoms with Gasteiger partial charge in [-0.15, -0.1) is 0 Å². The van der Waals surface area contributed by atoms with Crippen molar-refractivity contribution in [3.05, 3.63) is 82.0 Å². The molecule has 3 amide bonds. The first-order valence-corrected chi connectivity index (χ1v) is 20.7. The number of alkyl halides is 2. The van der Waals surface area contributed by atoms with Gasteiger partial charge in [0.2, 0.25) is 11.8 Å². The number of imide groups is 1. The van der Waals surface area contributed by atoms with Gasteiger partial charge in [-0.1, -0.05) is 6.07 Å². The fraction of sp³-hybridized carbons (Fsp3) is 0.488. The first kappa shape index (κ1) is 38.0. The summed E-state index contributed by atoms with van der Waals surface area (Å²) in [5, 5.41) is 10.3. The monoisotopic (exact) mass is 814 g/mol. The summed E-state index contributed by atoms with van der Waals surface area (Å²) in [7, 11) is 0. The zero-order chi connectivity index (χ0) is 40.7. The fourth-order valence-corrected chi connectivity index (χ4v) is 10.7. The second-order valence-corrected chi connectivity index (χ2v) is 17.0. The first-order valence-electron chi connectivity index (χ1n) is 20.7. The van der Waals surface area contributed by atoms with Crippen molar-refractivity contribution in [2.45, 2.75) is 76.2 Å². The van der Waals surface area contributed by atoms with E-state index in [4.69, 9.17) is 4.74 Å². The highest BCUT2D eigenvalue weighted by Gasteiger charge is 2.44. The van der Waals surface area contributed by atoms with E-state index >= 15 is 8.78 Å². The van der Waals surface area contributed by atoms with Gasteiger partial charge in [-0.05, 0) is 80.0 Å². The van der Waals surface area contributed by atoms with Gasteiger partial charge in [0.25, 0.3) is 12.3 Å². The number of halogens is 4. The lowest BCUT2D eigenvalue weighted by Crippen LogP contribution is -2.58. The van der Waals surface area contributed by atoms with Crippen LogP contribution in [0.3, 0.4) is 0 Å². The number of piperidine rings is 2. The average Bonchev–Trinajstić information content (AvgIpc) is 3.83. The van der Waals surface area contributed by atoms with Crippen molar-refractivity contribution in [2.24, 2.45) is 5.92 Å². The van der Waals surface area contributed by atoms with Gasteiger partial charge in [-0.25, -0.2) is 17.6 Å². The number of rotatable bonds is 7. The molecule has 12 nitrogen and oxygen atoms in total. The number of aromatic amines is 1. The van der Waals surface area contributed by atoms with Crippen LogP contribution >= 0.6 is 0 Å². The molecule has 4 aromatic rings. The number of H-pyrrole nitrogens is 1. The summed E-state index contributed by atoms with van der Waals surface area (Å²) in [6.45, 7) is 6.51. The van der Waals surface area contributed by atoms with Crippen LogP contribution in [0.2, 0.25) is 0 Å². The molecule has 310 valence electrons. The summed E-state index contributed by atoms with van der Waals surface area (Å²) in [5.41, 5.74) is 4.86. The predicted octanol–water partition coefficient (Wildman–Crippen LogP) is 5.00. The van der Waals surface area contributed by atoms with Crippen LogP contribution in [0.15, 0.2) is 42.6 Å². The number of amides is 3. The van der Waals surface area contributed by atoms with Crippen molar-refractivity contribution in [3.8, 4) is 5.75 Å². The number of nitrogens with one attached hydrogen (secondary N) is 2. The van der Waals surface area contributed by atoms with Crippen LogP contribution in [-0.4, -0.2) is 120 Å². The van der Waals surface area contributed by atoms with Crippen molar-refractivity contribution in [1.82, 2.24) is 30.2 Å². The summed E-state index contributed by atoms with van der Waals surface area (Å²) in [6.07, 6.45) is 1.66. The summed E-state index contributed by atoms with van der Waals surface area (Å²) >= 11 is 0. The molecule has 0 spiro atoms. The number of fused-ring (bicyclic) bond motifs is 8. The molecule has 0 radical (unpaired) electrons. The molecule has 16 heteroatoms. The van der Waals surface area contributed by atoms with Gasteiger partial charge in [0.1, 0.15) is 30.0 Å². The maximum atomic E-state index is 16.3. The molecule has 0 aliphatic carbocycles. The lowest BCUT2D eigenvalue weighted by atomic mass is 9.83. The molecule has 0 saturated carbocycles. The van der Waals surface area contributed by atoms with Crippen LogP contribution in [0.25, 0.3) is 10.9 Å². The van der Waals surface area contributed by atoms with Gasteiger partial charge in [-0.3, -0.25) is 34.6 Å². The predicted molar refractivity (Wildman–Crippen MR) is 211 cm³/mol. The number of benzene rings is 3. The number of hydrogen-bond acceptors (Lipinski definition) is 9. The molecule has 6 aliphatic rings. The third-order valence-corrected chi connectivity index (χ3v) is 13.6. The number of aromatic nitrogens is 2. The van der Waals surface area contributed by atoms with Crippen LogP contribution < -0.4 is 19.9 Å². The van der Waals surface area contributed by atoms with Crippen molar-refractivity contribution in [2.75, 3.05) is 62.2 Å². The molecular weight excluding hydrogens is 769 g/mol. The maximum Gasteiger partial charge on any atom is 0.255 e. The fourth-order valence-electron chi connectivity index (χ4n) is 10.7. The number of nitrogens with zero attached hydrogens (tertiary/aromatic N) is 6. The lowest BCUT2D eigenvalue weighted by Gasteiger charge is -2.47. The number of hydrogen-bond donors (Lipinski definition) is 2. The Balaban J connectivity index is 0.800. The Labute approximate surface area is 338 Å². The van der Waals surface area contributed by atoms with E-state index < -0.39 is 42.6 Å². The van der Waals surface area contributed by atoms with Gasteiger partial charge >= 0.3 is 0 Å². The molecule has 7 heterocycles. The minimum Gasteiger partial charge on any atom is -0.489 e. The van der Waals surface area contributed by atoms with E-state index in [0.717, 1.165) is 72.5 Å². The highest BCUT2D eigenvalue weighted by molar-refractivity contribution is 6.06. The van der Waals surface area contributed by atoms with Crippen molar-refractivity contribution in [1.29, 1.82) is 0 Å². The van der Waals surface area contributed by atoms with Gasteiger partial charge in [0.05, 0.1) is 36.0 Å². The number of carbonyl (C=O) groups excluding carboxylic acids is 3. The van der Waals surface area contributed by atoms with Gasteiger partial charge in [0.15, 0.2) is 0 Å². The normalized spacial score (nSPS) is 25.3. The molecule has 1 unspecified atom stereocenters. The topological polar surface area (TPSA) is 117 Å². The summed E-state index contributed by atoms with van der Waals surface area (Å²) in [4.78, 5) is 47.9. The molecular formula is C43H46F4N8O4. The molecule has 4 atom stereocenters. The Kier molecular flexibility index (Phi) is 9.54. The van der Waals surface area contributed by atoms with E-state index in [2.05, 4.69) is 25.3 Å². The zero-order valence-electron chi connectivity index (χ0n) is 32.7. The van der Waals surface area contributed by atoms with E-state index in [1.807, 2.05) is 17.9 Å². The summed E-state index contributed by atoms with van der Waals surface area (Å²) in [5.74, 6) is -1.33. The van der Waals surface area contributed by atoms with E-state index in [0.29, 0.717) is 55.3 Å². The Bertz CT molecular complexity index is 2330. The van der Waals surface area contributed by atoms with Crippen LogP contribution in [0.4, 0.5) is 28.9 Å². The van der Waals surface area contributed by atoms with Crippen molar-refractivity contribution >= 4 is 40.0 Å². The van der Waals surface area contributed by atoms with E-state index in [-0.39, 0.29) is 42.4 Å². The smallest absolute Gasteiger partial charge is 0.255 e. The largest absolute Gasteiger partial charge is 0.489 e. The Morgan fingerprint density at radius 1 is 0.949 bits per heavy atom. The lowest BCUT2D eigenvalue weighted by molar-refractivity contribution is -0.136. The molecule has 59 heavy (non-hydrogen) atoms. The highest BCUT2D eigenvalue weighted by Crippen LogP contribution is 2.45. The Hall–Kier alpha value is -5.22. The third-order valence-electron chi connectivity index (χ3n) is 13.6. The average molecular weight is 815 g/mol. The number of anilines is 2. The third kappa shape index (κ3) is 6.58. The molecule has 10 rings (SSSR count). The number of piperazine rings is 1. The molecule has 3 fully saturated rings. The first-order chi connectivity index (χ1) is 28.5. The summed E-state index contributed by atoms with van der Waals surface area (Å²) < 4.78 is 66.7. The van der Waals surface area contributed by atoms with Gasteiger partial charge in [-0.2, -0.15) is 5.10 Å². The van der Waals surface area contributed by atoms with E-state index in [9.17, 15) is 23.2 Å². The molecule has 1 aromatic heterocycles.